The number of amides is 1. The fourth-order valence-corrected chi connectivity index (χ4v) is 5.49. The lowest BCUT2D eigenvalue weighted by atomic mass is 10.1. The minimum absolute atomic E-state index is 0.00355. The van der Waals surface area contributed by atoms with Crippen LogP contribution in [0.25, 0.3) is 0 Å². The average Bonchev–Trinajstić information content (AvgIpc) is 2.93. The molecule has 1 aliphatic heterocycles. The van der Waals surface area contributed by atoms with Crippen LogP contribution in [0.5, 0.6) is 11.5 Å². The standard InChI is InChI=1S/C18H28N2O5S2/c1-6-11-27(22,23)19(3)9-10-20-17(21)13(2)26-18(20)15-12-14(24-4)7-8-16(15)25-5/h7-8,12-13,18H,6,9-11H2,1-5H3. The van der Waals surface area contributed by atoms with Crippen molar-refractivity contribution in [3.63, 3.8) is 0 Å². The van der Waals surface area contributed by atoms with Crippen LogP contribution in [-0.2, 0) is 14.8 Å². The zero-order valence-electron chi connectivity index (χ0n) is 16.5. The van der Waals surface area contributed by atoms with E-state index < -0.39 is 10.0 Å². The maximum Gasteiger partial charge on any atom is 0.236 e. The number of ether oxygens (including phenoxy) is 2. The summed E-state index contributed by atoms with van der Waals surface area (Å²) in [4.78, 5) is 14.4. The second kappa shape index (κ2) is 9.16. The summed E-state index contributed by atoms with van der Waals surface area (Å²) in [6, 6.07) is 5.49. The Bertz CT molecular complexity index is 769. The molecule has 1 aliphatic rings. The second-order valence-corrected chi connectivity index (χ2v) is 10.0. The minimum Gasteiger partial charge on any atom is -0.497 e. The maximum atomic E-state index is 12.7. The van der Waals surface area contributed by atoms with Crippen molar-refractivity contribution in [2.45, 2.75) is 30.9 Å². The number of hydrogen-bond acceptors (Lipinski definition) is 6. The predicted octanol–water partition coefficient (Wildman–Crippen LogP) is 2.34. The van der Waals surface area contributed by atoms with Crippen LogP contribution in [0, 0.1) is 0 Å². The van der Waals surface area contributed by atoms with E-state index in [1.165, 1.54) is 16.1 Å². The van der Waals surface area contributed by atoms with Crippen LogP contribution in [0.4, 0.5) is 0 Å². The van der Waals surface area contributed by atoms with Gasteiger partial charge in [-0.2, -0.15) is 0 Å². The van der Waals surface area contributed by atoms with Gasteiger partial charge in [0, 0.05) is 25.7 Å². The van der Waals surface area contributed by atoms with E-state index in [-0.39, 0.29) is 28.8 Å². The highest BCUT2D eigenvalue weighted by molar-refractivity contribution is 8.01. The molecule has 7 nitrogen and oxygen atoms in total. The molecule has 27 heavy (non-hydrogen) atoms. The van der Waals surface area contributed by atoms with Crippen LogP contribution < -0.4 is 9.47 Å². The van der Waals surface area contributed by atoms with Crippen molar-refractivity contribution in [3.8, 4) is 11.5 Å². The summed E-state index contributed by atoms with van der Waals surface area (Å²) in [7, 11) is 1.44. The van der Waals surface area contributed by atoms with Gasteiger partial charge in [-0.15, -0.1) is 11.8 Å². The highest BCUT2D eigenvalue weighted by atomic mass is 32.2. The Hall–Kier alpha value is -1.45. The third-order valence-corrected chi connectivity index (χ3v) is 7.98. The number of thioether (sulfide) groups is 1. The van der Waals surface area contributed by atoms with Crippen molar-refractivity contribution < 1.29 is 22.7 Å². The van der Waals surface area contributed by atoms with Crippen LogP contribution in [0.3, 0.4) is 0 Å². The molecular formula is C18H28N2O5S2. The first-order chi connectivity index (χ1) is 12.7. The molecule has 1 saturated heterocycles. The summed E-state index contributed by atoms with van der Waals surface area (Å²) in [6.07, 6.45) is 0.561. The summed E-state index contributed by atoms with van der Waals surface area (Å²) in [5.41, 5.74) is 0.846. The van der Waals surface area contributed by atoms with Gasteiger partial charge in [-0.05, 0) is 31.5 Å². The molecule has 0 aromatic heterocycles. The van der Waals surface area contributed by atoms with Crippen molar-refractivity contribution in [2.75, 3.05) is 40.1 Å². The normalized spacial score (nSPS) is 20.4. The number of carbonyl (C=O) groups excluding carboxylic acids is 1. The number of nitrogens with zero attached hydrogens (tertiary/aromatic N) is 2. The van der Waals surface area contributed by atoms with E-state index in [0.717, 1.165) is 5.56 Å². The zero-order valence-corrected chi connectivity index (χ0v) is 18.1. The molecule has 0 spiro atoms. The summed E-state index contributed by atoms with van der Waals surface area (Å²) in [6.45, 7) is 4.27. The highest BCUT2D eigenvalue weighted by Gasteiger charge is 2.40. The third-order valence-electron chi connectivity index (χ3n) is 4.54. The molecule has 0 aliphatic carbocycles. The van der Waals surface area contributed by atoms with Crippen LogP contribution in [0.2, 0.25) is 0 Å². The fourth-order valence-electron chi connectivity index (χ4n) is 2.98. The van der Waals surface area contributed by atoms with Crippen molar-refractivity contribution in [1.82, 2.24) is 9.21 Å². The lowest BCUT2D eigenvalue weighted by molar-refractivity contribution is -0.129. The van der Waals surface area contributed by atoms with Gasteiger partial charge in [-0.1, -0.05) is 6.92 Å². The summed E-state index contributed by atoms with van der Waals surface area (Å²) >= 11 is 1.53. The van der Waals surface area contributed by atoms with Gasteiger partial charge in [-0.25, -0.2) is 12.7 Å². The second-order valence-electron chi connectivity index (χ2n) is 6.41. The molecule has 0 N–H and O–H groups in total. The number of carbonyl (C=O) groups is 1. The largest absolute Gasteiger partial charge is 0.497 e. The lowest BCUT2D eigenvalue weighted by Crippen LogP contribution is -2.39. The maximum absolute atomic E-state index is 12.7. The van der Waals surface area contributed by atoms with Crippen molar-refractivity contribution >= 4 is 27.7 Å². The van der Waals surface area contributed by atoms with E-state index in [1.54, 1.807) is 26.2 Å². The smallest absolute Gasteiger partial charge is 0.236 e. The minimum atomic E-state index is -3.29. The predicted molar refractivity (Wildman–Crippen MR) is 108 cm³/mol. The van der Waals surface area contributed by atoms with E-state index in [9.17, 15) is 13.2 Å². The molecule has 152 valence electrons. The van der Waals surface area contributed by atoms with Gasteiger partial charge in [0.1, 0.15) is 16.9 Å². The van der Waals surface area contributed by atoms with E-state index in [2.05, 4.69) is 0 Å². The Morgan fingerprint density at radius 3 is 2.56 bits per heavy atom. The molecule has 0 saturated carbocycles. The van der Waals surface area contributed by atoms with Gasteiger partial charge < -0.3 is 14.4 Å². The Balaban J connectivity index is 2.25. The Morgan fingerprint density at radius 1 is 1.26 bits per heavy atom. The van der Waals surface area contributed by atoms with Crippen LogP contribution in [0.1, 0.15) is 31.2 Å². The first kappa shape index (κ1) is 21.8. The van der Waals surface area contributed by atoms with Crippen LogP contribution >= 0.6 is 11.8 Å². The van der Waals surface area contributed by atoms with Gasteiger partial charge in [0.2, 0.25) is 15.9 Å². The molecule has 0 radical (unpaired) electrons. The van der Waals surface area contributed by atoms with Crippen molar-refractivity contribution in [2.24, 2.45) is 0 Å². The number of rotatable bonds is 9. The number of hydrogen-bond donors (Lipinski definition) is 0. The van der Waals surface area contributed by atoms with Gasteiger partial charge in [0.25, 0.3) is 0 Å². The molecule has 1 heterocycles. The average molecular weight is 417 g/mol. The molecule has 9 heteroatoms. The molecule has 1 aromatic carbocycles. The zero-order chi connectivity index (χ0) is 20.2. The van der Waals surface area contributed by atoms with Gasteiger partial charge in [-0.3, -0.25) is 4.79 Å². The number of benzene rings is 1. The SMILES string of the molecule is CCCS(=O)(=O)N(C)CCN1C(=O)C(C)SC1c1cc(OC)ccc1OC. The first-order valence-electron chi connectivity index (χ1n) is 8.87. The molecular weight excluding hydrogens is 388 g/mol. The quantitative estimate of drug-likeness (QED) is 0.615. The molecule has 1 aromatic rings. The van der Waals surface area contributed by atoms with E-state index in [1.807, 2.05) is 32.0 Å². The van der Waals surface area contributed by atoms with Crippen molar-refractivity contribution in [1.29, 1.82) is 0 Å². The van der Waals surface area contributed by atoms with Crippen LogP contribution in [-0.4, -0.2) is 68.9 Å². The Labute approximate surface area is 166 Å². The van der Waals surface area contributed by atoms with Gasteiger partial charge >= 0.3 is 0 Å². The number of sulfonamides is 1. The molecule has 2 rings (SSSR count). The fraction of sp³-hybridized carbons (Fsp3) is 0.611. The number of likely N-dealkylation sites (N-methyl/N-ethyl adjacent to an activating group) is 1. The van der Waals surface area contributed by atoms with E-state index in [0.29, 0.717) is 24.5 Å². The molecule has 1 amide bonds. The molecule has 2 unspecified atom stereocenters. The molecule has 1 fully saturated rings. The first-order valence-corrected chi connectivity index (χ1v) is 11.4. The number of methoxy groups -OCH3 is 2. The van der Waals surface area contributed by atoms with Gasteiger partial charge in [0.15, 0.2) is 0 Å². The van der Waals surface area contributed by atoms with Crippen LogP contribution in [0.15, 0.2) is 18.2 Å². The van der Waals surface area contributed by atoms with E-state index >= 15 is 0 Å². The topological polar surface area (TPSA) is 76.2 Å². The van der Waals surface area contributed by atoms with E-state index in [4.69, 9.17) is 9.47 Å². The van der Waals surface area contributed by atoms with Crippen molar-refractivity contribution in [3.05, 3.63) is 23.8 Å². The monoisotopic (exact) mass is 416 g/mol. The third kappa shape index (κ3) is 4.89. The highest BCUT2D eigenvalue weighted by Crippen LogP contribution is 2.46. The Kier molecular flexibility index (Phi) is 7.41. The summed E-state index contributed by atoms with van der Waals surface area (Å²) in [5.74, 6) is 1.46. The van der Waals surface area contributed by atoms with Gasteiger partial charge in [0.05, 0.1) is 25.2 Å². The summed E-state index contributed by atoms with van der Waals surface area (Å²) < 4.78 is 36.5. The lowest BCUT2D eigenvalue weighted by Gasteiger charge is -2.27. The molecule has 0 bridgehead atoms. The Morgan fingerprint density at radius 2 is 1.96 bits per heavy atom. The summed E-state index contributed by atoms with van der Waals surface area (Å²) in [5, 5.41) is -0.455. The molecule has 2 atom stereocenters.